The zero-order valence-electron chi connectivity index (χ0n) is 18.8. The molecule has 6 heteroatoms. The monoisotopic (exact) mass is 473 g/mol. The Hall–Kier alpha value is -3.54. The van der Waals surface area contributed by atoms with Crippen LogP contribution in [0.25, 0.3) is 10.8 Å². The van der Waals surface area contributed by atoms with Crippen molar-refractivity contribution in [3.8, 4) is 0 Å². The Morgan fingerprint density at radius 2 is 1.56 bits per heavy atom. The molecular weight excluding hydrogens is 450 g/mol. The van der Waals surface area contributed by atoms with E-state index in [9.17, 15) is 9.59 Å². The van der Waals surface area contributed by atoms with Gasteiger partial charge in [-0.2, -0.15) is 0 Å². The summed E-state index contributed by atoms with van der Waals surface area (Å²) >= 11 is 5.91. The standard InChI is InChI=1S/C28H24ClNO4/c1-33-26(31)16-22-17-30-27(25-5-3-2-4-24(22)25)28(32)21-10-6-20(7-11-21)18-34-15-14-19-8-12-23(29)13-9-19/h2-13,17H,14-16,18H2,1H3. The van der Waals surface area contributed by atoms with E-state index in [0.717, 1.165) is 28.0 Å². The molecule has 0 N–H and O–H groups in total. The van der Waals surface area contributed by atoms with E-state index >= 15 is 0 Å². The van der Waals surface area contributed by atoms with Gasteiger partial charge in [0.1, 0.15) is 5.69 Å². The predicted molar refractivity (Wildman–Crippen MR) is 132 cm³/mol. The Labute approximate surface area is 203 Å². The van der Waals surface area contributed by atoms with Crippen LogP contribution in [0.3, 0.4) is 0 Å². The third kappa shape index (κ3) is 5.68. The number of halogens is 1. The summed E-state index contributed by atoms with van der Waals surface area (Å²) in [6, 6.07) is 22.6. The van der Waals surface area contributed by atoms with E-state index in [4.69, 9.17) is 21.1 Å². The number of carbonyl (C=O) groups excluding carboxylic acids is 2. The number of aromatic nitrogens is 1. The average molecular weight is 474 g/mol. The Bertz CT molecular complexity index is 1300. The minimum atomic E-state index is -0.350. The van der Waals surface area contributed by atoms with E-state index in [-0.39, 0.29) is 18.2 Å². The van der Waals surface area contributed by atoms with E-state index in [0.29, 0.717) is 29.9 Å². The maximum Gasteiger partial charge on any atom is 0.310 e. The van der Waals surface area contributed by atoms with E-state index in [2.05, 4.69) is 4.98 Å². The number of hydrogen-bond donors (Lipinski definition) is 0. The first kappa shape index (κ1) is 23.6. The van der Waals surface area contributed by atoms with Gasteiger partial charge in [-0.3, -0.25) is 14.6 Å². The first-order chi connectivity index (χ1) is 16.5. The summed E-state index contributed by atoms with van der Waals surface area (Å²) in [5.74, 6) is -0.520. The van der Waals surface area contributed by atoms with Crippen LogP contribution < -0.4 is 0 Å². The molecule has 1 heterocycles. The van der Waals surface area contributed by atoms with Crippen molar-refractivity contribution in [1.82, 2.24) is 4.98 Å². The Kier molecular flexibility index (Phi) is 7.68. The molecule has 3 aromatic carbocycles. The molecule has 4 rings (SSSR count). The Morgan fingerprint density at radius 1 is 0.882 bits per heavy atom. The average Bonchev–Trinajstić information content (AvgIpc) is 2.88. The normalized spacial score (nSPS) is 10.9. The highest BCUT2D eigenvalue weighted by atomic mass is 35.5. The van der Waals surface area contributed by atoms with Gasteiger partial charge in [0.2, 0.25) is 5.78 Å². The molecule has 0 aliphatic carbocycles. The first-order valence-electron chi connectivity index (χ1n) is 10.9. The molecule has 0 saturated carbocycles. The maximum atomic E-state index is 13.2. The minimum Gasteiger partial charge on any atom is -0.469 e. The number of hydrogen-bond acceptors (Lipinski definition) is 5. The quantitative estimate of drug-likeness (QED) is 0.180. The van der Waals surface area contributed by atoms with Crippen LogP contribution in [-0.4, -0.2) is 30.5 Å². The number of ketones is 1. The van der Waals surface area contributed by atoms with Gasteiger partial charge in [-0.15, -0.1) is 0 Å². The summed E-state index contributed by atoms with van der Waals surface area (Å²) in [6.07, 6.45) is 2.49. The van der Waals surface area contributed by atoms with Crippen LogP contribution in [0.2, 0.25) is 5.02 Å². The molecule has 34 heavy (non-hydrogen) atoms. The lowest BCUT2D eigenvalue weighted by atomic mass is 9.98. The molecule has 0 spiro atoms. The molecular formula is C28H24ClNO4. The summed E-state index contributed by atoms with van der Waals surface area (Å²) in [7, 11) is 1.35. The van der Waals surface area contributed by atoms with Gasteiger partial charge in [-0.1, -0.05) is 72.3 Å². The maximum absolute atomic E-state index is 13.2. The second kappa shape index (κ2) is 11.1. The fraction of sp³-hybridized carbons (Fsp3) is 0.179. The van der Waals surface area contributed by atoms with Gasteiger partial charge in [0.15, 0.2) is 0 Å². The van der Waals surface area contributed by atoms with E-state index < -0.39 is 0 Å². The first-order valence-corrected chi connectivity index (χ1v) is 11.3. The zero-order valence-corrected chi connectivity index (χ0v) is 19.5. The van der Waals surface area contributed by atoms with Gasteiger partial charge in [0.25, 0.3) is 0 Å². The second-order valence-electron chi connectivity index (χ2n) is 7.89. The van der Waals surface area contributed by atoms with Crippen molar-refractivity contribution in [2.45, 2.75) is 19.4 Å². The highest BCUT2D eigenvalue weighted by Gasteiger charge is 2.17. The van der Waals surface area contributed by atoms with Crippen LogP contribution in [0.15, 0.2) is 79.0 Å². The van der Waals surface area contributed by atoms with Crippen LogP contribution in [0, 0.1) is 0 Å². The van der Waals surface area contributed by atoms with Gasteiger partial charge in [-0.05, 0) is 40.6 Å². The SMILES string of the molecule is COC(=O)Cc1cnc(C(=O)c2ccc(COCCc3ccc(Cl)cc3)cc2)c2ccccc12. The molecule has 0 saturated heterocycles. The Morgan fingerprint density at radius 3 is 2.26 bits per heavy atom. The van der Waals surface area contributed by atoms with Gasteiger partial charge < -0.3 is 9.47 Å². The van der Waals surface area contributed by atoms with Gasteiger partial charge >= 0.3 is 5.97 Å². The topological polar surface area (TPSA) is 65.5 Å². The van der Waals surface area contributed by atoms with Crippen molar-refractivity contribution < 1.29 is 19.1 Å². The van der Waals surface area contributed by atoms with Crippen LogP contribution >= 0.6 is 11.6 Å². The van der Waals surface area contributed by atoms with Crippen LogP contribution in [0.5, 0.6) is 0 Å². The third-order valence-electron chi connectivity index (χ3n) is 5.59. The zero-order chi connectivity index (χ0) is 23.9. The lowest BCUT2D eigenvalue weighted by Gasteiger charge is -2.10. The summed E-state index contributed by atoms with van der Waals surface area (Å²) in [5.41, 5.74) is 3.78. The van der Waals surface area contributed by atoms with E-state index in [1.807, 2.05) is 60.7 Å². The Balaban J connectivity index is 1.42. The second-order valence-corrected chi connectivity index (χ2v) is 8.32. The largest absolute Gasteiger partial charge is 0.469 e. The number of methoxy groups -OCH3 is 1. The number of ether oxygens (including phenoxy) is 2. The molecule has 0 bridgehead atoms. The molecule has 0 radical (unpaired) electrons. The molecule has 0 aliphatic heterocycles. The smallest absolute Gasteiger partial charge is 0.310 e. The number of esters is 1. The lowest BCUT2D eigenvalue weighted by Crippen LogP contribution is -2.09. The van der Waals surface area contributed by atoms with Crippen molar-refractivity contribution in [3.63, 3.8) is 0 Å². The van der Waals surface area contributed by atoms with Crippen LogP contribution in [0.4, 0.5) is 0 Å². The summed E-state index contributed by atoms with van der Waals surface area (Å²) in [6.45, 7) is 1.06. The fourth-order valence-corrected chi connectivity index (χ4v) is 3.85. The number of carbonyl (C=O) groups is 2. The molecule has 4 aromatic rings. The molecule has 5 nitrogen and oxygen atoms in total. The molecule has 0 aliphatic rings. The molecule has 172 valence electrons. The number of fused-ring (bicyclic) bond motifs is 1. The molecule has 0 fully saturated rings. The van der Waals surface area contributed by atoms with Crippen LogP contribution in [-0.2, 0) is 33.7 Å². The van der Waals surface area contributed by atoms with Crippen molar-refractivity contribution >= 4 is 34.1 Å². The van der Waals surface area contributed by atoms with Gasteiger partial charge in [0.05, 0.1) is 26.7 Å². The number of rotatable bonds is 9. The van der Waals surface area contributed by atoms with Crippen molar-refractivity contribution in [2.24, 2.45) is 0 Å². The van der Waals surface area contributed by atoms with Crippen molar-refractivity contribution in [2.75, 3.05) is 13.7 Å². The minimum absolute atomic E-state index is 0.102. The fourth-order valence-electron chi connectivity index (χ4n) is 3.72. The lowest BCUT2D eigenvalue weighted by molar-refractivity contribution is -0.139. The molecule has 1 aromatic heterocycles. The van der Waals surface area contributed by atoms with Crippen molar-refractivity contribution in [3.05, 3.63) is 112 Å². The highest BCUT2D eigenvalue weighted by molar-refractivity contribution is 6.30. The predicted octanol–water partition coefficient (Wildman–Crippen LogP) is 5.59. The molecule has 0 atom stereocenters. The van der Waals surface area contributed by atoms with E-state index in [1.54, 1.807) is 18.3 Å². The van der Waals surface area contributed by atoms with Gasteiger partial charge in [0, 0.05) is 22.2 Å². The van der Waals surface area contributed by atoms with Gasteiger partial charge in [-0.25, -0.2) is 0 Å². The third-order valence-corrected chi connectivity index (χ3v) is 5.84. The highest BCUT2D eigenvalue weighted by Crippen LogP contribution is 2.24. The summed E-state index contributed by atoms with van der Waals surface area (Å²) in [5, 5.41) is 2.25. The van der Waals surface area contributed by atoms with E-state index in [1.165, 1.54) is 12.7 Å². The number of benzene rings is 3. The summed E-state index contributed by atoms with van der Waals surface area (Å²) < 4.78 is 10.6. The summed E-state index contributed by atoms with van der Waals surface area (Å²) in [4.78, 5) is 29.3. The van der Waals surface area contributed by atoms with Crippen molar-refractivity contribution in [1.29, 1.82) is 0 Å². The molecule has 0 unspecified atom stereocenters. The number of nitrogens with zero attached hydrogens (tertiary/aromatic N) is 1. The molecule has 0 amide bonds. The number of pyridine rings is 1. The van der Waals surface area contributed by atoms with Crippen LogP contribution in [0.1, 0.15) is 32.7 Å².